The third kappa shape index (κ3) is 4.91. The highest BCUT2D eigenvalue weighted by Crippen LogP contribution is 2.08. The van der Waals surface area contributed by atoms with Gasteiger partial charge in [0.15, 0.2) is 0 Å². The van der Waals surface area contributed by atoms with E-state index in [1.165, 1.54) is 0 Å². The molecule has 0 saturated heterocycles. The summed E-state index contributed by atoms with van der Waals surface area (Å²) in [6.45, 7) is 2.58. The van der Waals surface area contributed by atoms with Crippen molar-refractivity contribution in [2.45, 2.75) is 6.42 Å². The Morgan fingerprint density at radius 2 is 2.38 bits per heavy atom. The molecule has 4 nitrogen and oxygen atoms in total. The lowest BCUT2D eigenvalue weighted by atomic mass is 10.2. The van der Waals surface area contributed by atoms with Crippen molar-refractivity contribution in [2.75, 3.05) is 32.5 Å². The smallest absolute Gasteiger partial charge is 0.130 e. The molecule has 0 saturated carbocycles. The van der Waals surface area contributed by atoms with Gasteiger partial charge in [-0.2, -0.15) is 0 Å². The molecule has 0 fully saturated rings. The molecular formula is C12H19N3O. The summed E-state index contributed by atoms with van der Waals surface area (Å²) >= 11 is 0. The molecule has 1 heterocycles. The summed E-state index contributed by atoms with van der Waals surface area (Å²) in [5.74, 6) is 0.575. The van der Waals surface area contributed by atoms with Crippen LogP contribution in [0.5, 0.6) is 0 Å². The van der Waals surface area contributed by atoms with Crippen LogP contribution in [0.15, 0.2) is 24.4 Å². The zero-order chi connectivity index (χ0) is 11.6. The summed E-state index contributed by atoms with van der Waals surface area (Å²) in [7, 11) is 1.70. The first-order valence-corrected chi connectivity index (χ1v) is 5.41. The Hall–Kier alpha value is -1.39. The van der Waals surface area contributed by atoms with Gasteiger partial charge in [0.2, 0.25) is 0 Å². The third-order valence-corrected chi connectivity index (χ3v) is 2.14. The van der Waals surface area contributed by atoms with Crippen LogP contribution in [0.25, 0.3) is 6.08 Å². The number of nitrogens with one attached hydrogen (secondary N) is 1. The summed E-state index contributed by atoms with van der Waals surface area (Å²) < 4.78 is 4.93. The molecule has 16 heavy (non-hydrogen) atoms. The first-order chi connectivity index (χ1) is 7.84. The van der Waals surface area contributed by atoms with Crippen molar-refractivity contribution >= 4 is 11.9 Å². The molecule has 88 valence electrons. The number of ether oxygens (including phenoxy) is 1. The van der Waals surface area contributed by atoms with Gasteiger partial charge < -0.3 is 15.8 Å². The predicted octanol–water partition coefficient (Wildman–Crippen LogP) is 1.30. The minimum Gasteiger partial charge on any atom is -0.383 e. The number of nitrogens with two attached hydrogens (primary N) is 1. The van der Waals surface area contributed by atoms with Crippen LogP contribution in [-0.4, -0.2) is 31.8 Å². The summed E-state index contributed by atoms with van der Waals surface area (Å²) in [4.78, 5) is 4.01. The Kier molecular flexibility index (Phi) is 6.22. The number of nitrogen functional groups attached to an aromatic ring is 1. The zero-order valence-electron chi connectivity index (χ0n) is 9.65. The second-order valence-electron chi connectivity index (χ2n) is 3.41. The SMILES string of the molecule is COCCNCCC=Cc1cccnc1N. The highest BCUT2D eigenvalue weighted by molar-refractivity contribution is 5.60. The van der Waals surface area contributed by atoms with E-state index in [0.717, 1.165) is 31.7 Å². The lowest BCUT2D eigenvalue weighted by Crippen LogP contribution is -2.19. The molecular weight excluding hydrogens is 202 g/mol. The lowest BCUT2D eigenvalue weighted by molar-refractivity contribution is 0.199. The Bertz CT molecular complexity index is 326. The van der Waals surface area contributed by atoms with E-state index in [4.69, 9.17) is 10.5 Å². The van der Waals surface area contributed by atoms with Gasteiger partial charge in [-0.05, 0) is 25.1 Å². The fraction of sp³-hybridized carbons (Fsp3) is 0.417. The van der Waals surface area contributed by atoms with Gasteiger partial charge in [0, 0.05) is 25.4 Å². The molecule has 0 unspecified atom stereocenters. The van der Waals surface area contributed by atoms with Crippen LogP contribution in [-0.2, 0) is 4.74 Å². The number of pyridine rings is 1. The van der Waals surface area contributed by atoms with Crippen molar-refractivity contribution in [3.05, 3.63) is 30.0 Å². The number of rotatable bonds is 7. The van der Waals surface area contributed by atoms with Crippen molar-refractivity contribution in [3.8, 4) is 0 Å². The summed E-state index contributed by atoms with van der Waals surface area (Å²) in [6, 6.07) is 3.84. The van der Waals surface area contributed by atoms with E-state index in [0.29, 0.717) is 5.82 Å². The van der Waals surface area contributed by atoms with Crippen molar-refractivity contribution in [3.63, 3.8) is 0 Å². The van der Waals surface area contributed by atoms with E-state index in [1.54, 1.807) is 13.3 Å². The van der Waals surface area contributed by atoms with Gasteiger partial charge in [-0.15, -0.1) is 0 Å². The Morgan fingerprint density at radius 1 is 1.50 bits per heavy atom. The fourth-order valence-corrected chi connectivity index (χ4v) is 1.27. The number of aromatic nitrogens is 1. The standard InChI is InChI=1S/C12H19N3O/c1-16-10-9-14-7-3-2-5-11-6-4-8-15-12(11)13/h2,4-6,8,14H,3,7,9-10H2,1H3,(H2,13,15). The van der Waals surface area contributed by atoms with E-state index in [9.17, 15) is 0 Å². The molecule has 3 N–H and O–H groups in total. The first-order valence-electron chi connectivity index (χ1n) is 5.41. The quantitative estimate of drug-likeness (QED) is 0.681. The topological polar surface area (TPSA) is 60.2 Å². The molecule has 0 aliphatic carbocycles. The molecule has 0 amide bonds. The van der Waals surface area contributed by atoms with Gasteiger partial charge in [0.05, 0.1) is 6.61 Å². The highest BCUT2D eigenvalue weighted by atomic mass is 16.5. The van der Waals surface area contributed by atoms with Crippen LogP contribution >= 0.6 is 0 Å². The van der Waals surface area contributed by atoms with E-state index < -0.39 is 0 Å². The van der Waals surface area contributed by atoms with Crippen molar-refractivity contribution in [2.24, 2.45) is 0 Å². The maximum absolute atomic E-state index is 5.71. The molecule has 0 spiro atoms. The normalized spacial score (nSPS) is 11.1. The Morgan fingerprint density at radius 3 is 3.12 bits per heavy atom. The fourth-order valence-electron chi connectivity index (χ4n) is 1.27. The van der Waals surface area contributed by atoms with Gasteiger partial charge >= 0.3 is 0 Å². The summed E-state index contributed by atoms with van der Waals surface area (Å²) in [5.41, 5.74) is 6.68. The molecule has 1 aromatic rings. The van der Waals surface area contributed by atoms with Gasteiger partial charge in [0.25, 0.3) is 0 Å². The average molecular weight is 221 g/mol. The van der Waals surface area contributed by atoms with Crippen LogP contribution in [0.4, 0.5) is 5.82 Å². The number of nitrogens with zero attached hydrogens (tertiary/aromatic N) is 1. The van der Waals surface area contributed by atoms with E-state index in [-0.39, 0.29) is 0 Å². The van der Waals surface area contributed by atoms with E-state index in [1.807, 2.05) is 18.2 Å². The molecule has 4 heteroatoms. The summed E-state index contributed by atoms with van der Waals surface area (Å²) in [6.07, 6.45) is 6.75. The molecule has 0 aromatic carbocycles. The first kappa shape index (κ1) is 12.7. The second-order valence-corrected chi connectivity index (χ2v) is 3.41. The van der Waals surface area contributed by atoms with Gasteiger partial charge in [-0.25, -0.2) is 4.98 Å². The zero-order valence-corrected chi connectivity index (χ0v) is 9.65. The van der Waals surface area contributed by atoms with Crippen LogP contribution in [0.3, 0.4) is 0 Å². The molecule has 0 aliphatic rings. The predicted molar refractivity (Wildman–Crippen MR) is 67.0 cm³/mol. The van der Waals surface area contributed by atoms with Crippen LogP contribution in [0.2, 0.25) is 0 Å². The second kappa shape index (κ2) is 7.84. The number of hydrogen-bond acceptors (Lipinski definition) is 4. The molecule has 0 radical (unpaired) electrons. The van der Waals surface area contributed by atoms with Crippen LogP contribution in [0.1, 0.15) is 12.0 Å². The monoisotopic (exact) mass is 221 g/mol. The number of anilines is 1. The maximum atomic E-state index is 5.71. The third-order valence-electron chi connectivity index (χ3n) is 2.14. The molecule has 0 atom stereocenters. The van der Waals surface area contributed by atoms with E-state index in [2.05, 4.69) is 16.4 Å². The Labute approximate surface area is 96.5 Å². The number of methoxy groups -OCH3 is 1. The maximum Gasteiger partial charge on any atom is 0.130 e. The average Bonchev–Trinajstić information content (AvgIpc) is 2.30. The highest BCUT2D eigenvalue weighted by Gasteiger charge is 1.92. The number of hydrogen-bond donors (Lipinski definition) is 2. The van der Waals surface area contributed by atoms with Crippen LogP contribution in [0, 0.1) is 0 Å². The lowest BCUT2D eigenvalue weighted by Gasteiger charge is -2.01. The van der Waals surface area contributed by atoms with Crippen LogP contribution < -0.4 is 11.1 Å². The van der Waals surface area contributed by atoms with Gasteiger partial charge in [-0.1, -0.05) is 12.2 Å². The molecule has 1 rings (SSSR count). The molecule has 0 bridgehead atoms. The molecule has 1 aromatic heterocycles. The Balaban J connectivity index is 2.20. The van der Waals surface area contributed by atoms with Crippen molar-refractivity contribution in [1.29, 1.82) is 0 Å². The molecule has 0 aliphatic heterocycles. The van der Waals surface area contributed by atoms with Crippen molar-refractivity contribution in [1.82, 2.24) is 10.3 Å². The van der Waals surface area contributed by atoms with E-state index >= 15 is 0 Å². The largest absolute Gasteiger partial charge is 0.383 e. The van der Waals surface area contributed by atoms with Gasteiger partial charge in [-0.3, -0.25) is 0 Å². The van der Waals surface area contributed by atoms with Gasteiger partial charge in [0.1, 0.15) is 5.82 Å². The minimum atomic E-state index is 0.575. The van der Waals surface area contributed by atoms with Crippen molar-refractivity contribution < 1.29 is 4.74 Å². The summed E-state index contributed by atoms with van der Waals surface area (Å²) in [5, 5.41) is 3.26. The minimum absolute atomic E-state index is 0.575.